The van der Waals surface area contributed by atoms with Gasteiger partial charge in [0.05, 0.1) is 13.7 Å². The second kappa shape index (κ2) is 10.2. The second-order valence-electron chi connectivity index (χ2n) is 8.40. The van der Waals surface area contributed by atoms with Gasteiger partial charge in [-0.1, -0.05) is 60.7 Å². The van der Waals surface area contributed by atoms with E-state index in [2.05, 4.69) is 17.0 Å². The predicted molar refractivity (Wildman–Crippen MR) is 128 cm³/mol. The van der Waals surface area contributed by atoms with Crippen molar-refractivity contribution in [1.29, 1.82) is 0 Å². The first-order valence-corrected chi connectivity index (χ1v) is 11.5. The highest BCUT2D eigenvalue weighted by Crippen LogP contribution is 2.46. The van der Waals surface area contributed by atoms with Crippen molar-refractivity contribution in [1.82, 2.24) is 4.90 Å². The van der Waals surface area contributed by atoms with E-state index in [1.54, 1.807) is 7.11 Å². The molecule has 1 N–H and O–H groups in total. The molecule has 0 amide bonds. The summed E-state index contributed by atoms with van der Waals surface area (Å²) in [6.45, 7) is 5.48. The predicted octanol–water partition coefficient (Wildman–Crippen LogP) is 5.21. The van der Waals surface area contributed by atoms with Gasteiger partial charge in [-0.05, 0) is 62.2 Å². The highest BCUT2D eigenvalue weighted by molar-refractivity contribution is 5.49. The molecular formula is C28H33NO3. The summed E-state index contributed by atoms with van der Waals surface area (Å²) in [5.41, 5.74) is 1.45. The average Bonchev–Trinajstić information content (AvgIpc) is 3.37. The monoisotopic (exact) mass is 431 g/mol. The van der Waals surface area contributed by atoms with Crippen LogP contribution >= 0.6 is 0 Å². The van der Waals surface area contributed by atoms with E-state index in [0.717, 1.165) is 42.1 Å². The fraction of sp³-hybridized carbons (Fsp3) is 0.357. The third-order valence-electron chi connectivity index (χ3n) is 6.47. The van der Waals surface area contributed by atoms with E-state index in [4.69, 9.17) is 9.47 Å². The number of hydrogen-bond acceptors (Lipinski definition) is 4. The van der Waals surface area contributed by atoms with Crippen molar-refractivity contribution in [2.75, 3.05) is 33.4 Å². The summed E-state index contributed by atoms with van der Waals surface area (Å²) in [5, 5.41) is 12.7. The third kappa shape index (κ3) is 4.52. The van der Waals surface area contributed by atoms with Crippen LogP contribution in [-0.4, -0.2) is 43.4 Å². The lowest BCUT2D eigenvalue weighted by molar-refractivity contribution is 0.0344. The number of methoxy groups -OCH3 is 1. The first kappa shape index (κ1) is 22.4. The fourth-order valence-corrected chi connectivity index (χ4v) is 4.86. The summed E-state index contributed by atoms with van der Waals surface area (Å²) < 4.78 is 11.4. The van der Waals surface area contributed by atoms with Gasteiger partial charge in [-0.2, -0.15) is 0 Å². The van der Waals surface area contributed by atoms with E-state index in [-0.39, 0.29) is 5.92 Å². The molecule has 0 aliphatic carbocycles. The number of likely N-dealkylation sites (tertiary alicyclic amines) is 1. The quantitative estimate of drug-likeness (QED) is 0.505. The van der Waals surface area contributed by atoms with Crippen molar-refractivity contribution in [2.24, 2.45) is 0 Å². The van der Waals surface area contributed by atoms with Crippen LogP contribution in [0.15, 0.2) is 78.9 Å². The highest BCUT2D eigenvalue weighted by atomic mass is 16.5. The Morgan fingerprint density at radius 1 is 0.906 bits per heavy atom. The minimum absolute atomic E-state index is 0.170. The zero-order valence-electron chi connectivity index (χ0n) is 19.0. The van der Waals surface area contributed by atoms with Crippen LogP contribution in [0, 0.1) is 0 Å². The van der Waals surface area contributed by atoms with E-state index in [1.807, 2.05) is 73.7 Å². The molecule has 1 aliphatic rings. The van der Waals surface area contributed by atoms with Gasteiger partial charge in [-0.3, -0.25) is 0 Å². The van der Waals surface area contributed by atoms with Gasteiger partial charge in [0.2, 0.25) is 0 Å². The van der Waals surface area contributed by atoms with Gasteiger partial charge in [-0.15, -0.1) is 0 Å². The average molecular weight is 432 g/mol. The Morgan fingerprint density at radius 2 is 1.56 bits per heavy atom. The molecule has 1 saturated heterocycles. The third-order valence-corrected chi connectivity index (χ3v) is 6.47. The Morgan fingerprint density at radius 3 is 2.22 bits per heavy atom. The van der Waals surface area contributed by atoms with Crippen LogP contribution in [-0.2, 0) is 5.60 Å². The highest BCUT2D eigenvalue weighted by Gasteiger charge is 2.44. The first-order valence-electron chi connectivity index (χ1n) is 11.5. The zero-order valence-corrected chi connectivity index (χ0v) is 19.0. The second-order valence-corrected chi connectivity index (χ2v) is 8.40. The normalized spacial score (nSPS) is 17.0. The Labute approximate surface area is 191 Å². The summed E-state index contributed by atoms with van der Waals surface area (Å²) in [4.78, 5) is 2.46. The van der Waals surface area contributed by atoms with Gasteiger partial charge >= 0.3 is 0 Å². The van der Waals surface area contributed by atoms with Crippen LogP contribution in [0.1, 0.15) is 42.4 Å². The van der Waals surface area contributed by atoms with E-state index < -0.39 is 5.60 Å². The molecule has 2 atom stereocenters. The maximum atomic E-state index is 12.7. The summed E-state index contributed by atoms with van der Waals surface area (Å²) in [5.74, 6) is 1.32. The number of benzene rings is 3. The van der Waals surface area contributed by atoms with E-state index >= 15 is 0 Å². The van der Waals surface area contributed by atoms with Crippen LogP contribution in [0.25, 0.3) is 0 Å². The molecule has 0 aromatic heterocycles. The largest absolute Gasteiger partial charge is 0.496 e. The van der Waals surface area contributed by atoms with Crippen LogP contribution in [0.4, 0.5) is 0 Å². The molecule has 0 bridgehead atoms. The summed E-state index contributed by atoms with van der Waals surface area (Å²) in [7, 11) is 1.66. The Bertz CT molecular complexity index is 983. The molecule has 4 rings (SSSR count). The number of para-hydroxylation sites is 1. The standard InChI is InChI=1S/C28H33NO3/c1-3-32-24-17-15-23(16-18-24)28(30,25-13-7-8-14-27(25)31-2)26(21-29-19-9-10-20-29)22-11-5-4-6-12-22/h4-8,11-18,26,30H,3,9-10,19-21H2,1-2H3/t26-,28-/m0/s1. The molecule has 0 spiro atoms. The Hall–Kier alpha value is -2.82. The SMILES string of the molecule is CCOc1ccc([C@](O)(c2ccccc2OC)[C@@H](CN2CCCC2)c2ccccc2)cc1. The smallest absolute Gasteiger partial charge is 0.126 e. The molecule has 168 valence electrons. The van der Waals surface area contributed by atoms with Crippen molar-refractivity contribution < 1.29 is 14.6 Å². The summed E-state index contributed by atoms with van der Waals surface area (Å²) >= 11 is 0. The van der Waals surface area contributed by atoms with Gasteiger partial charge in [0, 0.05) is 18.0 Å². The number of rotatable bonds is 9. The van der Waals surface area contributed by atoms with Gasteiger partial charge in [0.15, 0.2) is 0 Å². The molecule has 0 unspecified atom stereocenters. The summed E-state index contributed by atoms with van der Waals surface area (Å²) in [6, 6.07) is 26.0. The number of ether oxygens (including phenoxy) is 2. The maximum Gasteiger partial charge on any atom is 0.126 e. The lowest BCUT2D eigenvalue weighted by Gasteiger charge is -2.40. The minimum atomic E-state index is -1.28. The zero-order chi connectivity index (χ0) is 22.4. The van der Waals surface area contributed by atoms with Crippen molar-refractivity contribution in [3.05, 3.63) is 95.6 Å². The topological polar surface area (TPSA) is 41.9 Å². The lowest BCUT2D eigenvalue weighted by Crippen LogP contribution is -2.41. The Kier molecular flexibility index (Phi) is 7.13. The van der Waals surface area contributed by atoms with Gasteiger partial charge in [0.1, 0.15) is 17.1 Å². The van der Waals surface area contributed by atoms with E-state index in [1.165, 1.54) is 12.8 Å². The molecule has 1 fully saturated rings. The van der Waals surface area contributed by atoms with Crippen molar-refractivity contribution in [3.8, 4) is 11.5 Å². The van der Waals surface area contributed by atoms with Gasteiger partial charge in [0.25, 0.3) is 0 Å². The van der Waals surface area contributed by atoms with Crippen LogP contribution in [0.5, 0.6) is 11.5 Å². The molecular weight excluding hydrogens is 398 g/mol. The molecule has 1 heterocycles. The van der Waals surface area contributed by atoms with Crippen molar-refractivity contribution in [3.63, 3.8) is 0 Å². The number of nitrogens with zero attached hydrogens (tertiary/aromatic N) is 1. The molecule has 1 aliphatic heterocycles. The molecule has 0 saturated carbocycles. The van der Waals surface area contributed by atoms with Crippen LogP contribution < -0.4 is 9.47 Å². The molecule has 0 radical (unpaired) electrons. The number of hydrogen-bond donors (Lipinski definition) is 1. The van der Waals surface area contributed by atoms with Crippen LogP contribution in [0.2, 0.25) is 0 Å². The van der Waals surface area contributed by atoms with E-state index in [0.29, 0.717) is 12.4 Å². The van der Waals surface area contributed by atoms with Crippen LogP contribution in [0.3, 0.4) is 0 Å². The molecule has 4 nitrogen and oxygen atoms in total. The maximum absolute atomic E-state index is 12.7. The Balaban J connectivity index is 1.89. The van der Waals surface area contributed by atoms with Gasteiger partial charge < -0.3 is 19.5 Å². The molecule has 3 aromatic rings. The lowest BCUT2D eigenvalue weighted by atomic mass is 9.72. The number of aliphatic hydroxyl groups is 1. The van der Waals surface area contributed by atoms with Crippen molar-refractivity contribution in [2.45, 2.75) is 31.3 Å². The van der Waals surface area contributed by atoms with Gasteiger partial charge in [-0.25, -0.2) is 0 Å². The van der Waals surface area contributed by atoms with Crippen molar-refractivity contribution >= 4 is 0 Å². The molecule has 4 heteroatoms. The minimum Gasteiger partial charge on any atom is -0.496 e. The fourth-order valence-electron chi connectivity index (χ4n) is 4.86. The molecule has 32 heavy (non-hydrogen) atoms. The van der Waals surface area contributed by atoms with E-state index in [9.17, 15) is 5.11 Å². The molecule has 3 aromatic carbocycles. The summed E-state index contributed by atoms with van der Waals surface area (Å²) in [6.07, 6.45) is 2.41. The first-order chi connectivity index (χ1) is 15.7.